The fourth-order valence-corrected chi connectivity index (χ4v) is 5.29. The lowest BCUT2D eigenvalue weighted by Crippen LogP contribution is -2.43. The SMILES string of the molecule is CC(=O)S[C@H]1CCN([C@@H](C(=O)C2CC2)c2ccccc2F)C/C1=C/c1ccn(CCC(=O)O)n1.Cl. The number of rotatable bonds is 9. The number of benzene rings is 1. The van der Waals surface area contributed by atoms with Crippen LogP contribution in [0.3, 0.4) is 0 Å². The highest BCUT2D eigenvalue weighted by Gasteiger charge is 2.41. The van der Waals surface area contributed by atoms with Crippen molar-refractivity contribution in [3.63, 3.8) is 0 Å². The quantitative estimate of drug-likeness (QED) is 0.523. The van der Waals surface area contributed by atoms with Crippen LogP contribution < -0.4 is 0 Å². The molecule has 4 rings (SSSR count). The largest absolute Gasteiger partial charge is 0.481 e. The molecule has 2 aliphatic rings. The highest BCUT2D eigenvalue weighted by Crippen LogP contribution is 2.40. The van der Waals surface area contributed by atoms with E-state index in [0.717, 1.165) is 18.4 Å². The summed E-state index contributed by atoms with van der Waals surface area (Å²) in [5.74, 6) is -1.24. The van der Waals surface area contributed by atoms with Gasteiger partial charge in [-0.2, -0.15) is 5.10 Å². The lowest BCUT2D eigenvalue weighted by atomic mass is 9.93. The predicted molar refractivity (Wildman–Crippen MR) is 135 cm³/mol. The van der Waals surface area contributed by atoms with Gasteiger partial charge in [-0.3, -0.25) is 24.0 Å². The fraction of sp³-hybridized carbons (Fsp3) is 0.440. The van der Waals surface area contributed by atoms with Gasteiger partial charge in [-0.15, -0.1) is 12.4 Å². The number of aliphatic carboxylic acids is 1. The Bertz CT molecular complexity index is 1120. The minimum Gasteiger partial charge on any atom is -0.481 e. The molecular formula is C25H29ClFN3O4S. The summed E-state index contributed by atoms with van der Waals surface area (Å²) in [4.78, 5) is 38.0. The number of carbonyl (C=O) groups is 3. The molecule has 188 valence electrons. The number of Topliss-reactive ketones (excluding diaryl/α,β-unsaturated/α-hetero) is 1. The molecule has 1 aromatic carbocycles. The van der Waals surface area contributed by atoms with Crippen LogP contribution in [-0.4, -0.2) is 55.0 Å². The van der Waals surface area contributed by atoms with Crippen LogP contribution in [0.4, 0.5) is 4.39 Å². The van der Waals surface area contributed by atoms with Crippen LogP contribution in [-0.2, 0) is 20.9 Å². The van der Waals surface area contributed by atoms with Gasteiger partial charge in [0.05, 0.1) is 24.7 Å². The normalized spacial score (nSPS) is 20.3. The molecule has 35 heavy (non-hydrogen) atoms. The summed E-state index contributed by atoms with van der Waals surface area (Å²) in [6.07, 6.45) is 5.94. The smallest absolute Gasteiger partial charge is 0.305 e. The van der Waals surface area contributed by atoms with Gasteiger partial charge in [0.2, 0.25) is 0 Å². The first kappa shape index (κ1) is 27.1. The summed E-state index contributed by atoms with van der Waals surface area (Å²) in [5, 5.41) is 13.3. The van der Waals surface area contributed by atoms with E-state index in [-0.39, 0.29) is 53.3 Å². The van der Waals surface area contributed by atoms with E-state index in [1.165, 1.54) is 24.8 Å². The first-order chi connectivity index (χ1) is 16.3. The maximum atomic E-state index is 14.8. The lowest BCUT2D eigenvalue weighted by molar-refractivity contribution is -0.137. The molecule has 1 saturated carbocycles. The van der Waals surface area contributed by atoms with Crippen molar-refractivity contribution in [1.82, 2.24) is 14.7 Å². The van der Waals surface area contributed by atoms with Crippen molar-refractivity contribution in [3.8, 4) is 0 Å². The van der Waals surface area contributed by atoms with E-state index >= 15 is 0 Å². The number of carbonyl (C=O) groups excluding carboxylic acids is 2. The number of carboxylic acid groups (broad SMARTS) is 1. The first-order valence-electron chi connectivity index (χ1n) is 11.5. The predicted octanol–water partition coefficient (Wildman–Crippen LogP) is 4.38. The highest BCUT2D eigenvalue weighted by molar-refractivity contribution is 8.14. The van der Waals surface area contributed by atoms with Gasteiger partial charge in [-0.1, -0.05) is 30.0 Å². The molecule has 1 aromatic heterocycles. The van der Waals surface area contributed by atoms with Gasteiger partial charge in [-0.05, 0) is 43.0 Å². The Hall–Kier alpha value is -2.49. The Morgan fingerprint density at radius 1 is 1.23 bits per heavy atom. The number of hydrogen-bond donors (Lipinski definition) is 1. The summed E-state index contributed by atoms with van der Waals surface area (Å²) in [5.41, 5.74) is 2.00. The number of ketones is 1. The number of piperidine rings is 1. The van der Waals surface area contributed by atoms with Crippen LogP contribution in [0.15, 0.2) is 42.1 Å². The Morgan fingerprint density at radius 2 is 1.97 bits per heavy atom. The maximum absolute atomic E-state index is 14.8. The summed E-state index contributed by atoms with van der Waals surface area (Å²) in [6.45, 7) is 2.80. The van der Waals surface area contributed by atoms with Gasteiger partial charge in [0.1, 0.15) is 5.82 Å². The van der Waals surface area contributed by atoms with Gasteiger partial charge >= 0.3 is 5.97 Å². The van der Waals surface area contributed by atoms with Crippen LogP contribution in [0.25, 0.3) is 6.08 Å². The molecule has 2 heterocycles. The molecule has 0 unspecified atom stereocenters. The van der Waals surface area contributed by atoms with Crippen molar-refractivity contribution in [3.05, 3.63) is 59.2 Å². The monoisotopic (exact) mass is 521 g/mol. The number of carboxylic acids is 1. The molecule has 0 amide bonds. The Balaban J connectivity index is 0.00000342. The average molecular weight is 522 g/mol. The molecule has 2 aromatic rings. The second-order valence-electron chi connectivity index (χ2n) is 8.82. The second kappa shape index (κ2) is 12.0. The molecule has 0 spiro atoms. The molecule has 1 aliphatic carbocycles. The number of likely N-dealkylation sites (tertiary alicyclic amines) is 1. The zero-order chi connectivity index (χ0) is 24.2. The van der Waals surface area contributed by atoms with E-state index in [9.17, 15) is 18.8 Å². The van der Waals surface area contributed by atoms with Crippen LogP contribution >= 0.6 is 24.2 Å². The van der Waals surface area contributed by atoms with Gasteiger partial charge < -0.3 is 5.11 Å². The van der Waals surface area contributed by atoms with E-state index in [4.69, 9.17) is 5.11 Å². The van der Waals surface area contributed by atoms with E-state index < -0.39 is 12.0 Å². The first-order valence-corrected chi connectivity index (χ1v) is 12.3. The third-order valence-electron chi connectivity index (χ3n) is 6.15. The zero-order valence-corrected chi connectivity index (χ0v) is 21.1. The van der Waals surface area contributed by atoms with Crippen molar-refractivity contribution >= 4 is 47.1 Å². The van der Waals surface area contributed by atoms with Gasteiger partial charge in [0.25, 0.3) is 0 Å². The second-order valence-corrected chi connectivity index (χ2v) is 10.2. The van der Waals surface area contributed by atoms with Crippen molar-refractivity contribution < 1.29 is 23.9 Å². The van der Waals surface area contributed by atoms with Gasteiger partial charge in [0, 0.05) is 42.9 Å². The number of nitrogens with zero attached hydrogens (tertiary/aromatic N) is 3. The van der Waals surface area contributed by atoms with Crippen LogP contribution in [0.2, 0.25) is 0 Å². The standard InChI is InChI=1S/C25H28FN3O4S.ClH/c1-16(30)34-22-9-11-28(15-18(22)14-19-8-12-29(27-19)13-10-23(31)32)24(25(33)17-6-7-17)20-4-2-3-5-21(20)26;/h2-5,8,12,14,17,22,24H,6-7,9-11,13,15H2,1H3,(H,31,32);1H/b18-14-;/t22-,24+;/m0./s1. The number of halogens is 2. The zero-order valence-electron chi connectivity index (χ0n) is 19.4. The Morgan fingerprint density at radius 3 is 2.63 bits per heavy atom. The maximum Gasteiger partial charge on any atom is 0.305 e. The van der Waals surface area contributed by atoms with E-state index in [1.807, 2.05) is 11.0 Å². The number of thioether (sulfide) groups is 1. The molecule has 0 bridgehead atoms. The summed E-state index contributed by atoms with van der Waals surface area (Å²) < 4.78 is 16.3. The Labute approximate surface area is 214 Å². The van der Waals surface area contributed by atoms with Crippen molar-refractivity contribution in [2.75, 3.05) is 13.1 Å². The average Bonchev–Trinajstić information content (AvgIpc) is 3.55. The molecule has 0 radical (unpaired) electrons. The number of aromatic nitrogens is 2. The summed E-state index contributed by atoms with van der Waals surface area (Å²) in [6, 6.07) is 7.59. The Kier molecular flexibility index (Phi) is 9.27. The molecule has 2 atom stereocenters. The van der Waals surface area contributed by atoms with Crippen molar-refractivity contribution in [1.29, 1.82) is 0 Å². The third-order valence-corrected chi connectivity index (χ3v) is 7.30. The van der Waals surface area contributed by atoms with Gasteiger partial charge in [-0.25, -0.2) is 4.39 Å². The van der Waals surface area contributed by atoms with Crippen LogP contribution in [0.5, 0.6) is 0 Å². The summed E-state index contributed by atoms with van der Waals surface area (Å²) in [7, 11) is 0. The molecule has 1 saturated heterocycles. The van der Waals surface area contributed by atoms with E-state index in [0.29, 0.717) is 30.8 Å². The highest BCUT2D eigenvalue weighted by atomic mass is 35.5. The molecule has 10 heteroatoms. The molecule has 1 aliphatic heterocycles. The number of hydrogen-bond acceptors (Lipinski definition) is 6. The molecule has 1 N–H and O–H groups in total. The fourth-order valence-electron chi connectivity index (χ4n) is 4.37. The molecule has 7 nitrogen and oxygen atoms in total. The lowest BCUT2D eigenvalue weighted by Gasteiger charge is -2.38. The number of aryl methyl sites for hydroxylation is 1. The summed E-state index contributed by atoms with van der Waals surface area (Å²) >= 11 is 1.26. The van der Waals surface area contributed by atoms with Crippen LogP contribution in [0, 0.1) is 11.7 Å². The minimum absolute atomic E-state index is 0. The van der Waals surface area contributed by atoms with Crippen molar-refractivity contribution in [2.24, 2.45) is 5.92 Å². The minimum atomic E-state index is -0.893. The van der Waals surface area contributed by atoms with E-state index in [1.54, 1.807) is 35.1 Å². The van der Waals surface area contributed by atoms with E-state index in [2.05, 4.69) is 5.10 Å². The van der Waals surface area contributed by atoms with Crippen LogP contribution in [0.1, 0.15) is 49.9 Å². The van der Waals surface area contributed by atoms with Gasteiger partial charge in [0.15, 0.2) is 10.9 Å². The topological polar surface area (TPSA) is 92.5 Å². The molecule has 2 fully saturated rings. The van der Waals surface area contributed by atoms with Crippen molar-refractivity contribution in [2.45, 2.75) is 50.4 Å². The molecular weight excluding hydrogens is 493 g/mol. The third kappa shape index (κ3) is 7.02.